The van der Waals surface area contributed by atoms with Crippen molar-refractivity contribution in [2.45, 2.75) is 6.92 Å². The number of H-pyrrole nitrogens is 1. The maximum absolute atomic E-state index is 5.35. The maximum atomic E-state index is 5.35. The smallest absolute Gasteiger partial charge is 0.123 e. The summed E-state index contributed by atoms with van der Waals surface area (Å²) < 4.78 is 10.6. The van der Waals surface area contributed by atoms with E-state index in [4.69, 9.17) is 9.47 Å². The topological polar surface area (TPSA) is 34.2 Å². The van der Waals surface area contributed by atoms with E-state index in [9.17, 15) is 0 Å². The summed E-state index contributed by atoms with van der Waals surface area (Å²) in [7, 11) is 3.38. The van der Waals surface area contributed by atoms with Crippen molar-refractivity contribution in [2.75, 3.05) is 14.2 Å². The molecule has 3 aromatic rings. The second-order valence-corrected chi connectivity index (χ2v) is 4.40. The Morgan fingerprint density at radius 2 is 1.67 bits per heavy atom. The summed E-state index contributed by atoms with van der Waals surface area (Å²) in [6.45, 7) is 2.05. The summed E-state index contributed by atoms with van der Waals surface area (Å²) >= 11 is 0. The van der Waals surface area contributed by atoms with E-state index in [0.29, 0.717) is 0 Å². The molecule has 18 heavy (non-hydrogen) atoms. The zero-order valence-electron chi connectivity index (χ0n) is 10.7. The van der Waals surface area contributed by atoms with E-state index >= 15 is 0 Å². The standard InChI is InChI=1S/C15H15NO2/c1-9-6-11-12-7-10(17-2)4-5-13(12)16-14(11)8-15(9)18-3/h4-8,16H,1-3H3. The highest BCUT2D eigenvalue weighted by atomic mass is 16.5. The molecule has 1 aromatic heterocycles. The number of ether oxygens (including phenoxy) is 2. The summed E-state index contributed by atoms with van der Waals surface area (Å²) in [6, 6.07) is 10.2. The summed E-state index contributed by atoms with van der Waals surface area (Å²) in [6.07, 6.45) is 0. The van der Waals surface area contributed by atoms with Crippen LogP contribution in [0.25, 0.3) is 21.8 Å². The molecule has 0 bridgehead atoms. The molecule has 0 aliphatic carbocycles. The van der Waals surface area contributed by atoms with Crippen molar-refractivity contribution in [3.8, 4) is 11.5 Å². The Kier molecular flexibility index (Phi) is 2.40. The third-order valence-corrected chi connectivity index (χ3v) is 3.32. The van der Waals surface area contributed by atoms with E-state index in [1.165, 1.54) is 10.8 Å². The third kappa shape index (κ3) is 1.51. The predicted octanol–water partition coefficient (Wildman–Crippen LogP) is 3.65. The number of aromatic nitrogens is 1. The van der Waals surface area contributed by atoms with E-state index in [-0.39, 0.29) is 0 Å². The fraction of sp³-hybridized carbons (Fsp3) is 0.200. The molecule has 0 atom stereocenters. The van der Waals surface area contributed by atoms with Crippen LogP contribution in [0.5, 0.6) is 11.5 Å². The number of fused-ring (bicyclic) bond motifs is 3. The molecule has 92 valence electrons. The second kappa shape index (κ2) is 3.95. The molecule has 0 spiro atoms. The molecule has 0 saturated carbocycles. The number of benzene rings is 2. The van der Waals surface area contributed by atoms with Gasteiger partial charge in [-0.1, -0.05) is 0 Å². The van der Waals surface area contributed by atoms with Crippen molar-refractivity contribution < 1.29 is 9.47 Å². The first-order chi connectivity index (χ1) is 8.72. The summed E-state index contributed by atoms with van der Waals surface area (Å²) in [5.41, 5.74) is 3.33. The minimum atomic E-state index is 0.872. The minimum absolute atomic E-state index is 0.872. The molecule has 0 saturated heterocycles. The average Bonchev–Trinajstić information content (AvgIpc) is 2.74. The first kappa shape index (κ1) is 11.0. The largest absolute Gasteiger partial charge is 0.497 e. The zero-order valence-corrected chi connectivity index (χ0v) is 10.7. The van der Waals surface area contributed by atoms with Crippen LogP contribution >= 0.6 is 0 Å². The molecule has 3 nitrogen and oxygen atoms in total. The number of hydrogen-bond donors (Lipinski definition) is 1. The summed E-state index contributed by atoms with van der Waals surface area (Å²) in [5, 5.41) is 2.37. The van der Waals surface area contributed by atoms with Crippen LogP contribution in [-0.4, -0.2) is 19.2 Å². The fourth-order valence-electron chi connectivity index (χ4n) is 2.36. The molecular formula is C15H15NO2. The molecule has 0 amide bonds. The van der Waals surface area contributed by atoms with Crippen LogP contribution in [0.15, 0.2) is 30.3 Å². The van der Waals surface area contributed by atoms with Gasteiger partial charge in [0.25, 0.3) is 0 Å². The summed E-state index contributed by atoms with van der Waals surface area (Å²) in [5.74, 6) is 1.78. The number of hydrogen-bond acceptors (Lipinski definition) is 2. The SMILES string of the molecule is COc1ccc2[nH]c3cc(OC)c(C)cc3c2c1. The Labute approximate surface area is 105 Å². The minimum Gasteiger partial charge on any atom is -0.497 e. The van der Waals surface area contributed by atoms with E-state index in [1.54, 1.807) is 14.2 Å². The molecule has 0 radical (unpaired) electrons. The van der Waals surface area contributed by atoms with Crippen LogP contribution in [0.1, 0.15) is 5.56 Å². The maximum Gasteiger partial charge on any atom is 0.123 e. The molecule has 3 rings (SSSR count). The highest BCUT2D eigenvalue weighted by Crippen LogP contribution is 2.32. The second-order valence-electron chi connectivity index (χ2n) is 4.40. The van der Waals surface area contributed by atoms with Crippen molar-refractivity contribution in [2.24, 2.45) is 0 Å². The Balaban J connectivity index is 2.38. The van der Waals surface area contributed by atoms with Crippen molar-refractivity contribution >= 4 is 21.8 Å². The van der Waals surface area contributed by atoms with Crippen molar-refractivity contribution in [3.05, 3.63) is 35.9 Å². The van der Waals surface area contributed by atoms with Crippen molar-refractivity contribution in [1.82, 2.24) is 4.98 Å². The average molecular weight is 241 g/mol. The van der Waals surface area contributed by atoms with Crippen LogP contribution < -0.4 is 9.47 Å². The number of nitrogens with one attached hydrogen (secondary N) is 1. The van der Waals surface area contributed by atoms with Gasteiger partial charge in [-0.25, -0.2) is 0 Å². The van der Waals surface area contributed by atoms with Gasteiger partial charge in [0.05, 0.1) is 19.7 Å². The number of aromatic amines is 1. The van der Waals surface area contributed by atoms with Gasteiger partial charge < -0.3 is 14.5 Å². The van der Waals surface area contributed by atoms with Gasteiger partial charge in [0.1, 0.15) is 11.5 Å². The molecule has 0 aliphatic rings. The van der Waals surface area contributed by atoms with Gasteiger partial charge in [-0.3, -0.25) is 0 Å². The van der Waals surface area contributed by atoms with E-state index in [0.717, 1.165) is 28.1 Å². The lowest BCUT2D eigenvalue weighted by Gasteiger charge is -2.04. The molecule has 0 aliphatic heterocycles. The first-order valence-electron chi connectivity index (χ1n) is 5.87. The Morgan fingerprint density at radius 1 is 0.889 bits per heavy atom. The predicted molar refractivity (Wildman–Crippen MR) is 73.6 cm³/mol. The third-order valence-electron chi connectivity index (χ3n) is 3.32. The zero-order chi connectivity index (χ0) is 12.7. The van der Waals surface area contributed by atoms with Gasteiger partial charge in [0.2, 0.25) is 0 Å². The summed E-state index contributed by atoms with van der Waals surface area (Å²) in [4.78, 5) is 3.40. The van der Waals surface area contributed by atoms with Gasteiger partial charge in [-0.15, -0.1) is 0 Å². The van der Waals surface area contributed by atoms with E-state index in [1.807, 2.05) is 18.2 Å². The highest BCUT2D eigenvalue weighted by molar-refractivity contribution is 6.08. The Morgan fingerprint density at radius 3 is 2.39 bits per heavy atom. The van der Waals surface area contributed by atoms with Gasteiger partial charge in [0.15, 0.2) is 0 Å². The molecule has 1 N–H and O–H groups in total. The monoisotopic (exact) mass is 241 g/mol. The Bertz CT molecular complexity index is 728. The van der Waals surface area contributed by atoms with Gasteiger partial charge in [-0.05, 0) is 36.8 Å². The highest BCUT2D eigenvalue weighted by Gasteiger charge is 2.08. The van der Waals surface area contributed by atoms with Crippen LogP contribution in [0.3, 0.4) is 0 Å². The number of aryl methyl sites for hydroxylation is 1. The van der Waals surface area contributed by atoms with Crippen LogP contribution in [0.4, 0.5) is 0 Å². The molecule has 0 unspecified atom stereocenters. The first-order valence-corrected chi connectivity index (χ1v) is 5.87. The number of rotatable bonds is 2. The van der Waals surface area contributed by atoms with Gasteiger partial charge in [0, 0.05) is 22.4 Å². The molecular weight excluding hydrogens is 226 g/mol. The van der Waals surface area contributed by atoms with Crippen molar-refractivity contribution in [3.63, 3.8) is 0 Å². The van der Waals surface area contributed by atoms with E-state index < -0.39 is 0 Å². The van der Waals surface area contributed by atoms with Gasteiger partial charge >= 0.3 is 0 Å². The lowest BCUT2D eigenvalue weighted by Crippen LogP contribution is -1.86. The molecule has 0 fully saturated rings. The Hall–Kier alpha value is -2.16. The fourth-order valence-corrected chi connectivity index (χ4v) is 2.36. The van der Waals surface area contributed by atoms with E-state index in [2.05, 4.69) is 24.0 Å². The van der Waals surface area contributed by atoms with Crippen LogP contribution in [0, 0.1) is 6.92 Å². The normalized spacial score (nSPS) is 11.1. The lowest BCUT2D eigenvalue weighted by molar-refractivity contribution is 0.412. The molecule has 1 heterocycles. The van der Waals surface area contributed by atoms with Crippen LogP contribution in [-0.2, 0) is 0 Å². The van der Waals surface area contributed by atoms with Crippen molar-refractivity contribution in [1.29, 1.82) is 0 Å². The van der Waals surface area contributed by atoms with Gasteiger partial charge in [-0.2, -0.15) is 0 Å². The number of methoxy groups -OCH3 is 2. The lowest BCUT2D eigenvalue weighted by atomic mass is 10.1. The van der Waals surface area contributed by atoms with Crippen LogP contribution in [0.2, 0.25) is 0 Å². The molecule has 3 heteroatoms. The quantitative estimate of drug-likeness (QED) is 0.743. The molecule has 2 aromatic carbocycles.